The van der Waals surface area contributed by atoms with Gasteiger partial charge < -0.3 is 20.1 Å². The number of nitrogens with zero attached hydrogens (tertiary/aromatic N) is 3. The smallest absolute Gasteiger partial charge is 0.249 e. The van der Waals surface area contributed by atoms with E-state index in [4.69, 9.17) is 9.47 Å². The number of aromatic nitrogens is 3. The normalized spacial score (nSPS) is 10.4. The van der Waals surface area contributed by atoms with Gasteiger partial charge in [0.25, 0.3) is 0 Å². The van der Waals surface area contributed by atoms with Crippen molar-refractivity contribution < 1.29 is 9.47 Å². The number of hydrogen-bond acceptors (Lipinski definition) is 7. The topological polar surface area (TPSA) is 81.2 Å². The first kappa shape index (κ1) is 19.4. The standard InChI is InChI=1S/C21H25N5O2/c1-5-14-8-7-9-15(6-2)20(14)25-21-24-19(13-22-26-21)23-17-12-16(27-3)10-11-18(17)28-4/h7-13H,5-6H2,1-4H3,(H2,23,24,25,26). The highest BCUT2D eigenvalue weighted by molar-refractivity contribution is 5.68. The SMILES string of the molecule is CCc1cccc(CC)c1Nc1nncc(Nc2cc(OC)ccc2OC)n1. The Morgan fingerprint density at radius 1 is 0.929 bits per heavy atom. The summed E-state index contributed by atoms with van der Waals surface area (Å²) in [6, 6.07) is 11.8. The Balaban J connectivity index is 1.88. The predicted octanol–water partition coefficient (Wildman–Crippen LogP) is 4.50. The van der Waals surface area contributed by atoms with Crippen molar-refractivity contribution in [3.63, 3.8) is 0 Å². The molecule has 0 aliphatic rings. The molecule has 0 amide bonds. The van der Waals surface area contributed by atoms with E-state index in [1.54, 1.807) is 20.4 Å². The van der Waals surface area contributed by atoms with Crippen molar-refractivity contribution in [3.05, 3.63) is 53.7 Å². The summed E-state index contributed by atoms with van der Waals surface area (Å²) in [7, 11) is 3.24. The van der Waals surface area contributed by atoms with Gasteiger partial charge >= 0.3 is 0 Å². The molecule has 7 nitrogen and oxygen atoms in total. The van der Waals surface area contributed by atoms with Crippen molar-refractivity contribution in [2.45, 2.75) is 26.7 Å². The summed E-state index contributed by atoms with van der Waals surface area (Å²) in [6.07, 6.45) is 3.40. The van der Waals surface area contributed by atoms with Gasteiger partial charge in [0.2, 0.25) is 5.95 Å². The molecular formula is C21H25N5O2. The first-order valence-corrected chi connectivity index (χ1v) is 9.25. The van der Waals surface area contributed by atoms with Crippen LogP contribution < -0.4 is 20.1 Å². The number of benzene rings is 2. The minimum atomic E-state index is 0.433. The molecule has 2 N–H and O–H groups in total. The number of ether oxygens (including phenoxy) is 2. The Hall–Kier alpha value is -3.35. The molecule has 0 fully saturated rings. The predicted molar refractivity (Wildman–Crippen MR) is 111 cm³/mol. The van der Waals surface area contributed by atoms with Crippen LogP contribution in [0.2, 0.25) is 0 Å². The van der Waals surface area contributed by atoms with E-state index in [9.17, 15) is 0 Å². The van der Waals surface area contributed by atoms with E-state index >= 15 is 0 Å². The van der Waals surface area contributed by atoms with Crippen molar-refractivity contribution >= 4 is 23.1 Å². The van der Waals surface area contributed by atoms with Crippen LogP contribution in [0.1, 0.15) is 25.0 Å². The second-order valence-electron chi connectivity index (χ2n) is 6.14. The van der Waals surface area contributed by atoms with Gasteiger partial charge in [-0.2, -0.15) is 10.1 Å². The maximum Gasteiger partial charge on any atom is 0.249 e. The van der Waals surface area contributed by atoms with Crippen LogP contribution in [-0.4, -0.2) is 29.4 Å². The number of nitrogens with one attached hydrogen (secondary N) is 2. The molecule has 0 saturated heterocycles. The molecule has 0 radical (unpaired) electrons. The highest BCUT2D eigenvalue weighted by atomic mass is 16.5. The molecule has 146 valence electrons. The quantitative estimate of drug-likeness (QED) is 0.596. The van der Waals surface area contributed by atoms with Gasteiger partial charge in [0.15, 0.2) is 5.82 Å². The fourth-order valence-corrected chi connectivity index (χ4v) is 2.98. The number of methoxy groups -OCH3 is 2. The Labute approximate surface area is 165 Å². The maximum absolute atomic E-state index is 5.41. The van der Waals surface area contributed by atoms with E-state index in [1.165, 1.54) is 11.1 Å². The third kappa shape index (κ3) is 4.31. The monoisotopic (exact) mass is 379 g/mol. The van der Waals surface area contributed by atoms with Crippen molar-refractivity contribution in [1.29, 1.82) is 0 Å². The van der Waals surface area contributed by atoms with E-state index in [1.807, 2.05) is 18.2 Å². The summed E-state index contributed by atoms with van der Waals surface area (Å²) in [4.78, 5) is 4.55. The lowest BCUT2D eigenvalue weighted by Gasteiger charge is -2.15. The molecule has 0 atom stereocenters. The lowest BCUT2D eigenvalue weighted by molar-refractivity contribution is 0.405. The molecule has 2 aromatic carbocycles. The highest BCUT2D eigenvalue weighted by Crippen LogP contribution is 2.31. The first-order valence-electron chi connectivity index (χ1n) is 9.25. The van der Waals surface area contributed by atoms with Crippen molar-refractivity contribution in [2.75, 3.05) is 24.9 Å². The molecule has 0 aliphatic carbocycles. The lowest BCUT2D eigenvalue weighted by atomic mass is 10.0. The highest BCUT2D eigenvalue weighted by Gasteiger charge is 2.11. The van der Waals surface area contributed by atoms with Crippen molar-refractivity contribution in [1.82, 2.24) is 15.2 Å². The summed E-state index contributed by atoms with van der Waals surface area (Å²) in [5, 5.41) is 14.8. The average molecular weight is 379 g/mol. The largest absolute Gasteiger partial charge is 0.497 e. The number of rotatable bonds is 8. The Kier molecular flexibility index (Phi) is 6.26. The number of para-hydroxylation sites is 1. The molecule has 1 aromatic heterocycles. The molecule has 0 unspecified atom stereocenters. The van der Waals surface area contributed by atoms with Crippen LogP contribution in [0.15, 0.2) is 42.6 Å². The van der Waals surface area contributed by atoms with E-state index in [-0.39, 0.29) is 0 Å². The molecular weight excluding hydrogens is 354 g/mol. The molecule has 1 heterocycles. The Morgan fingerprint density at radius 3 is 2.32 bits per heavy atom. The Morgan fingerprint density at radius 2 is 1.68 bits per heavy atom. The van der Waals surface area contributed by atoms with Gasteiger partial charge in [-0.05, 0) is 36.1 Å². The Bertz CT molecular complexity index is 924. The molecule has 0 bridgehead atoms. The molecule has 28 heavy (non-hydrogen) atoms. The van der Waals surface area contributed by atoms with Gasteiger partial charge in [-0.3, -0.25) is 0 Å². The summed E-state index contributed by atoms with van der Waals surface area (Å²) < 4.78 is 10.7. The fraction of sp³-hybridized carbons (Fsp3) is 0.286. The summed E-state index contributed by atoms with van der Waals surface area (Å²) in [6.45, 7) is 4.26. The molecule has 0 spiro atoms. The van der Waals surface area contributed by atoms with Gasteiger partial charge in [-0.15, -0.1) is 5.10 Å². The maximum atomic E-state index is 5.41. The van der Waals surface area contributed by atoms with Gasteiger partial charge in [0.05, 0.1) is 26.1 Å². The van der Waals surface area contributed by atoms with E-state index < -0.39 is 0 Å². The third-order valence-corrected chi connectivity index (χ3v) is 4.46. The van der Waals surface area contributed by atoms with Crippen LogP contribution >= 0.6 is 0 Å². The molecule has 0 saturated carbocycles. The first-order chi connectivity index (χ1) is 13.7. The number of hydrogen-bond donors (Lipinski definition) is 2. The van der Waals surface area contributed by atoms with Crippen LogP contribution in [0.5, 0.6) is 11.5 Å². The summed E-state index contributed by atoms with van der Waals surface area (Å²) >= 11 is 0. The molecule has 7 heteroatoms. The van der Waals surface area contributed by atoms with Crippen LogP contribution in [0.4, 0.5) is 23.1 Å². The van der Waals surface area contributed by atoms with Gasteiger partial charge in [0.1, 0.15) is 11.5 Å². The second kappa shape index (κ2) is 9.03. The fourth-order valence-electron chi connectivity index (χ4n) is 2.98. The molecule has 3 rings (SSSR count). The summed E-state index contributed by atoms with van der Waals surface area (Å²) in [5.41, 5.74) is 4.22. The van der Waals surface area contributed by atoms with Crippen molar-refractivity contribution in [2.24, 2.45) is 0 Å². The van der Waals surface area contributed by atoms with E-state index in [0.717, 1.165) is 24.2 Å². The zero-order chi connectivity index (χ0) is 19.9. The molecule has 0 aliphatic heterocycles. The minimum absolute atomic E-state index is 0.433. The van der Waals surface area contributed by atoms with E-state index in [0.29, 0.717) is 23.3 Å². The van der Waals surface area contributed by atoms with Crippen LogP contribution in [-0.2, 0) is 12.8 Å². The third-order valence-electron chi connectivity index (χ3n) is 4.46. The number of aryl methyl sites for hydroxylation is 2. The van der Waals surface area contributed by atoms with Crippen LogP contribution in [0.3, 0.4) is 0 Å². The average Bonchev–Trinajstić information content (AvgIpc) is 2.74. The molecule has 3 aromatic rings. The van der Waals surface area contributed by atoms with Crippen LogP contribution in [0, 0.1) is 0 Å². The summed E-state index contributed by atoms with van der Waals surface area (Å²) in [5.74, 6) is 2.38. The van der Waals surface area contributed by atoms with Gasteiger partial charge in [-0.1, -0.05) is 32.0 Å². The zero-order valence-electron chi connectivity index (χ0n) is 16.6. The van der Waals surface area contributed by atoms with Gasteiger partial charge in [0, 0.05) is 11.8 Å². The number of anilines is 4. The van der Waals surface area contributed by atoms with E-state index in [2.05, 4.69) is 57.9 Å². The zero-order valence-corrected chi connectivity index (χ0v) is 16.6. The lowest BCUT2D eigenvalue weighted by Crippen LogP contribution is -2.06. The van der Waals surface area contributed by atoms with Crippen LogP contribution in [0.25, 0.3) is 0 Å². The minimum Gasteiger partial charge on any atom is -0.497 e. The van der Waals surface area contributed by atoms with Crippen molar-refractivity contribution in [3.8, 4) is 11.5 Å². The second-order valence-corrected chi connectivity index (χ2v) is 6.14. The van der Waals surface area contributed by atoms with Gasteiger partial charge in [-0.25, -0.2) is 0 Å².